The molecule has 0 radical (unpaired) electrons. The summed E-state index contributed by atoms with van der Waals surface area (Å²) in [5.41, 5.74) is 1.28. The second-order valence-corrected chi connectivity index (χ2v) is 8.61. The number of aliphatic hydroxyl groups excluding tert-OH is 2. The van der Waals surface area contributed by atoms with Crippen molar-refractivity contribution in [3.8, 4) is 0 Å². The molecule has 2 amide bonds. The van der Waals surface area contributed by atoms with Crippen LogP contribution < -0.4 is 15.8 Å². The first-order chi connectivity index (χ1) is 13.7. The highest BCUT2D eigenvalue weighted by Crippen LogP contribution is 2.32. The first-order valence-corrected chi connectivity index (χ1v) is 9.99. The molecule has 4 atom stereocenters. The maximum absolute atomic E-state index is 12.8. The molecular weight excluding hydrogens is 435 g/mol. The van der Waals surface area contributed by atoms with Crippen LogP contribution in [0.1, 0.15) is 18.4 Å². The summed E-state index contributed by atoms with van der Waals surface area (Å²) in [6.07, 6.45) is -9.73. The van der Waals surface area contributed by atoms with Gasteiger partial charge in [0, 0.05) is 12.8 Å². The summed E-state index contributed by atoms with van der Waals surface area (Å²) in [4.78, 5) is 22.2. The monoisotopic (exact) mass is 455 g/mol. The Balaban J connectivity index is 2.27. The lowest BCUT2D eigenvalue weighted by Crippen LogP contribution is -2.63. The van der Waals surface area contributed by atoms with Gasteiger partial charge in [-0.2, -0.15) is 13.2 Å². The largest absolute Gasteiger partial charge is 0.416 e. The normalized spacial score (nSPS) is 27.5. The smallest absolute Gasteiger partial charge is 0.390 e. The predicted molar refractivity (Wildman–Crippen MR) is 94.0 cm³/mol. The third kappa shape index (κ3) is 5.46. The molecule has 1 aliphatic rings. The summed E-state index contributed by atoms with van der Waals surface area (Å²) in [7, 11) is -4.64. The van der Waals surface area contributed by atoms with E-state index in [9.17, 15) is 46.5 Å². The van der Waals surface area contributed by atoms with Crippen LogP contribution in [0.5, 0.6) is 0 Å². The summed E-state index contributed by atoms with van der Waals surface area (Å²) in [5.74, 6) is -2.07. The van der Waals surface area contributed by atoms with Crippen LogP contribution in [-0.4, -0.2) is 65.9 Å². The van der Waals surface area contributed by atoms with Crippen LogP contribution in [0, 0.1) is 0 Å². The number of hydrogen-bond donors (Lipinski definition) is 6. The Bertz CT molecular complexity index is 925. The predicted octanol–water partition coefficient (Wildman–Crippen LogP) is -1.80. The van der Waals surface area contributed by atoms with Crippen molar-refractivity contribution in [2.24, 2.45) is 5.73 Å². The summed E-state index contributed by atoms with van der Waals surface area (Å²) in [6, 6.07) is 1.17. The lowest BCUT2D eigenvalue weighted by Gasteiger charge is -2.41. The molecule has 168 valence electrons. The summed E-state index contributed by atoms with van der Waals surface area (Å²) in [5, 5.41) is 32.6. The van der Waals surface area contributed by atoms with E-state index < -0.39 is 81.7 Å². The molecule has 0 aromatic heterocycles. The van der Waals surface area contributed by atoms with Crippen LogP contribution in [0.4, 0.5) is 13.2 Å². The van der Waals surface area contributed by atoms with Crippen LogP contribution in [-0.2, 0) is 25.8 Å². The number of nitrogens with one attached hydrogen (secondary N) is 2. The molecule has 2 rings (SSSR count). The van der Waals surface area contributed by atoms with Gasteiger partial charge < -0.3 is 26.4 Å². The van der Waals surface area contributed by atoms with Gasteiger partial charge in [0.1, 0.15) is 5.60 Å². The average molecular weight is 455 g/mol. The van der Waals surface area contributed by atoms with Crippen LogP contribution in [0.25, 0.3) is 0 Å². The van der Waals surface area contributed by atoms with E-state index in [1.165, 1.54) is 0 Å². The van der Waals surface area contributed by atoms with Crippen molar-refractivity contribution in [2.75, 3.05) is 6.54 Å². The SMILES string of the molecule is NC(=O)CNC(=O)C1(O)CC(O)C(O)C(NS(=O)(=O)c2cccc(C(F)(F)F)c2)C1. The van der Waals surface area contributed by atoms with Gasteiger partial charge in [0.05, 0.1) is 35.3 Å². The Morgan fingerprint density at radius 2 is 1.87 bits per heavy atom. The molecule has 0 spiro atoms. The van der Waals surface area contributed by atoms with Gasteiger partial charge in [-0.05, 0) is 18.2 Å². The standard InChI is InChI=1S/C16H20F3N3O7S/c17-16(18,19)8-2-1-3-9(4-8)30(28,29)22-10-5-15(27,6-11(23)13(10)25)14(26)21-7-12(20)24/h1-4,10-11,13,22-23,25,27H,5-7H2,(H2,20,24)(H,21,26). The zero-order chi connectivity index (χ0) is 22.9. The van der Waals surface area contributed by atoms with Gasteiger partial charge in [-0.3, -0.25) is 9.59 Å². The minimum Gasteiger partial charge on any atom is -0.390 e. The minimum atomic E-state index is -4.80. The molecule has 1 aromatic carbocycles. The fraction of sp³-hybridized carbons (Fsp3) is 0.500. The number of carbonyl (C=O) groups excluding carboxylic acids is 2. The summed E-state index contributed by atoms with van der Waals surface area (Å²) >= 11 is 0. The quantitative estimate of drug-likeness (QED) is 0.293. The summed E-state index contributed by atoms with van der Waals surface area (Å²) in [6.45, 7) is -0.638. The molecule has 30 heavy (non-hydrogen) atoms. The second kappa shape index (κ2) is 8.47. The van der Waals surface area contributed by atoms with Gasteiger partial charge in [0.15, 0.2) is 0 Å². The van der Waals surface area contributed by atoms with Crippen LogP contribution in [0.3, 0.4) is 0 Å². The maximum Gasteiger partial charge on any atom is 0.416 e. The number of primary amides is 1. The number of nitrogens with two attached hydrogens (primary N) is 1. The molecule has 14 heteroatoms. The van der Waals surface area contributed by atoms with Gasteiger partial charge in [-0.25, -0.2) is 13.1 Å². The Labute approximate surface area is 168 Å². The second-order valence-electron chi connectivity index (χ2n) is 6.90. The van der Waals surface area contributed by atoms with Crippen molar-refractivity contribution in [1.82, 2.24) is 10.0 Å². The minimum absolute atomic E-state index is 0.375. The van der Waals surface area contributed by atoms with Gasteiger partial charge in [-0.1, -0.05) is 6.07 Å². The van der Waals surface area contributed by atoms with E-state index in [1.807, 2.05) is 10.0 Å². The van der Waals surface area contributed by atoms with Crippen molar-refractivity contribution in [2.45, 2.75) is 47.8 Å². The first kappa shape index (κ1) is 24.0. The number of hydrogen-bond acceptors (Lipinski definition) is 7. The van der Waals surface area contributed by atoms with Crippen LogP contribution in [0.15, 0.2) is 29.2 Å². The van der Waals surface area contributed by atoms with E-state index in [2.05, 4.69) is 0 Å². The number of benzene rings is 1. The molecule has 0 saturated heterocycles. The zero-order valence-corrected chi connectivity index (χ0v) is 16.1. The molecule has 0 aliphatic heterocycles. The van der Waals surface area contributed by atoms with Gasteiger partial charge in [0.25, 0.3) is 5.91 Å². The molecular formula is C16H20F3N3O7S. The Morgan fingerprint density at radius 3 is 2.43 bits per heavy atom. The number of halogens is 3. The van der Waals surface area contributed by atoms with Gasteiger partial charge in [-0.15, -0.1) is 0 Å². The highest BCUT2D eigenvalue weighted by atomic mass is 32.2. The number of carbonyl (C=O) groups is 2. The van der Waals surface area contributed by atoms with Gasteiger partial charge in [0.2, 0.25) is 15.9 Å². The molecule has 0 heterocycles. The van der Waals surface area contributed by atoms with E-state index in [-0.39, 0.29) is 0 Å². The molecule has 1 saturated carbocycles. The zero-order valence-electron chi connectivity index (χ0n) is 15.3. The van der Waals surface area contributed by atoms with E-state index in [4.69, 9.17) is 5.73 Å². The average Bonchev–Trinajstić information content (AvgIpc) is 2.63. The summed E-state index contributed by atoms with van der Waals surface area (Å²) < 4.78 is 65.5. The molecule has 7 N–H and O–H groups in total. The van der Waals surface area contributed by atoms with Crippen molar-refractivity contribution < 1.29 is 46.5 Å². The van der Waals surface area contributed by atoms with Crippen molar-refractivity contribution in [3.05, 3.63) is 29.8 Å². The fourth-order valence-electron chi connectivity index (χ4n) is 3.04. The van der Waals surface area contributed by atoms with E-state index in [1.54, 1.807) is 0 Å². The van der Waals surface area contributed by atoms with E-state index in [0.29, 0.717) is 12.1 Å². The Kier molecular flexibility index (Phi) is 6.78. The van der Waals surface area contributed by atoms with E-state index >= 15 is 0 Å². The number of alkyl halides is 3. The van der Waals surface area contributed by atoms with Crippen molar-refractivity contribution in [3.63, 3.8) is 0 Å². The molecule has 1 aromatic rings. The number of sulfonamides is 1. The van der Waals surface area contributed by atoms with Crippen LogP contribution >= 0.6 is 0 Å². The molecule has 4 unspecified atom stereocenters. The van der Waals surface area contributed by atoms with Crippen molar-refractivity contribution >= 4 is 21.8 Å². The Hall–Kier alpha value is -2.26. The molecule has 0 bridgehead atoms. The highest BCUT2D eigenvalue weighted by Gasteiger charge is 2.49. The third-order valence-corrected chi connectivity index (χ3v) is 6.02. The fourth-order valence-corrected chi connectivity index (χ4v) is 4.34. The van der Waals surface area contributed by atoms with Gasteiger partial charge >= 0.3 is 6.18 Å². The molecule has 1 fully saturated rings. The maximum atomic E-state index is 12.8. The third-order valence-electron chi connectivity index (χ3n) is 4.53. The topological polar surface area (TPSA) is 179 Å². The highest BCUT2D eigenvalue weighted by molar-refractivity contribution is 7.89. The number of aliphatic hydroxyl groups is 3. The Morgan fingerprint density at radius 1 is 1.23 bits per heavy atom. The number of amides is 2. The molecule has 10 nitrogen and oxygen atoms in total. The van der Waals surface area contributed by atoms with Crippen LogP contribution in [0.2, 0.25) is 0 Å². The lowest BCUT2D eigenvalue weighted by molar-refractivity contribution is -0.157. The molecule has 1 aliphatic carbocycles. The first-order valence-electron chi connectivity index (χ1n) is 8.50. The number of rotatable bonds is 6. The van der Waals surface area contributed by atoms with Crippen molar-refractivity contribution in [1.29, 1.82) is 0 Å². The van der Waals surface area contributed by atoms with E-state index in [0.717, 1.165) is 12.1 Å². The lowest BCUT2D eigenvalue weighted by atomic mass is 9.78.